The van der Waals surface area contributed by atoms with Crippen molar-refractivity contribution in [3.8, 4) is 0 Å². The van der Waals surface area contributed by atoms with Crippen LogP contribution in [-0.4, -0.2) is 30.1 Å². The fourth-order valence-electron chi connectivity index (χ4n) is 2.66. The number of hydrogen-bond acceptors (Lipinski definition) is 1. The summed E-state index contributed by atoms with van der Waals surface area (Å²) >= 11 is 0. The summed E-state index contributed by atoms with van der Waals surface area (Å²) < 4.78 is 0. The van der Waals surface area contributed by atoms with E-state index in [9.17, 15) is 4.79 Å². The molecule has 0 heterocycles. The molecule has 0 aliphatic heterocycles. The van der Waals surface area contributed by atoms with Crippen LogP contribution in [0.2, 0.25) is 0 Å². The number of carbonyl (C=O) groups is 1. The van der Waals surface area contributed by atoms with Crippen LogP contribution >= 0.6 is 0 Å². The zero-order chi connectivity index (χ0) is 13.4. The third-order valence-corrected chi connectivity index (χ3v) is 3.69. The summed E-state index contributed by atoms with van der Waals surface area (Å²) in [4.78, 5) is 14.1. The second-order valence-electron chi connectivity index (χ2n) is 5.92. The molecule has 106 valence electrons. The fourth-order valence-corrected chi connectivity index (χ4v) is 2.66. The van der Waals surface area contributed by atoms with Gasteiger partial charge in [0, 0.05) is 19.1 Å². The number of rotatable bonds is 4. The second kappa shape index (κ2) is 8.39. The molecule has 18 heavy (non-hydrogen) atoms. The molecule has 0 aromatic carbocycles. The Balaban J connectivity index is 2.39. The van der Waals surface area contributed by atoms with Gasteiger partial charge in [-0.15, -0.1) is 0 Å². The van der Waals surface area contributed by atoms with E-state index in [0.717, 1.165) is 25.9 Å². The lowest BCUT2D eigenvalue weighted by atomic mass is 9.97. The Morgan fingerprint density at radius 2 is 1.72 bits per heavy atom. The van der Waals surface area contributed by atoms with Crippen LogP contribution in [0.5, 0.6) is 0 Å². The summed E-state index contributed by atoms with van der Waals surface area (Å²) in [5.74, 6) is 0.535. The molecule has 0 aromatic rings. The van der Waals surface area contributed by atoms with Crippen LogP contribution in [0.1, 0.15) is 65.7 Å². The van der Waals surface area contributed by atoms with Crippen molar-refractivity contribution in [2.24, 2.45) is 5.92 Å². The predicted molar refractivity (Wildman–Crippen MR) is 76.7 cm³/mol. The number of amides is 2. The lowest BCUT2D eigenvalue weighted by Crippen LogP contribution is -2.46. The Bertz CT molecular complexity index is 233. The first-order chi connectivity index (χ1) is 8.63. The molecule has 1 N–H and O–H groups in total. The van der Waals surface area contributed by atoms with Gasteiger partial charge in [-0.05, 0) is 25.7 Å². The van der Waals surface area contributed by atoms with Gasteiger partial charge < -0.3 is 10.2 Å². The standard InChI is InChI=1S/C15H30N2O/c1-4-17(12-13(2)3)15(18)16-14-10-8-6-5-7-9-11-14/h13-14H,4-12H2,1-3H3,(H,16,18). The van der Waals surface area contributed by atoms with E-state index in [1.165, 1.54) is 32.1 Å². The van der Waals surface area contributed by atoms with Gasteiger partial charge in [0.1, 0.15) is 0 Å². The Labute approximate surface area is 112 Å². The van der Waals surface area contributed by atoms with Gasteiger partial charge in [0.2, 0.25) is 0 Å². The first-order valence-electron chi connectivity index (χ1n) is 7.69. The van der Waals surface area contributed by atoms with Crippen molar-refractivity contribution in [2.75, 3.05) is 13.1 Å². The lowest BCUT2D eigenvalue weighted by molar-refractivity contribution is 0.187. The average Bonchev–Trinajstić information content (AvgIpc) is 2.28. The third-order valence-electron chi connectivity index (χ3n) is 3.69. The molecule has 0 unspecified atom stereocenters. The van der Waals surface area contributed by atoms with Crippen LogP contribution in [0.3, 0.4) is 0 Å². The summed E-state index contributed by atoms with van der Waals surface area (Å²) in [6, 6.07) is 0.538. The molecule has 0 bridgehead atoms. The second-order valence-corrected chi connectivity index (χ2v) is 5.92. The monoisotopic (exact) mass is 254 g/mol. The summed E-state index contributed by atoms with van der Waals surface area (Å²) in [5, 5.41) is 3.23. The normalized spacial score (nSPS) is 18.2. The molecule has 1 saturated carbocycles. The van der Waals surface area contributed by atoms with Gasteiger partial charge in [0.05, 0.1) is 0 Å². The highest BCUT2D eigenvalue weighted by atomic mass is 16.2. The molecule has 0 radical (unpaired) electrons. The first kappa shape index (κ1) is 15.3. The minimum absolute atomic E-state index is 0.136. The summed E-state index contributed by atoms with van der Waals surface area (Å²) in [5.41, 5.74) is 0. The zero-order valence-corrected chi connectivity index (χ0v) is 12.4. The average molecular weight is 254 g/mol. The zero-order valence-electron chi connectivity index (χ0n) is 12.4. The molecule has 1 aliphatic rings. The van der Waals surface area contributed by atoms with E-state index in [4.69, 9.17) is 0 Å². The van der Waals surface area contributed by atoms with Gasteiger partial charge in [-0.2, -0.15) is 0 Å². The third kappa shape index (κ3) is 5.74. The van der Waals surface area contributed by atoms with Crippen LogP contribution in [0.15, 0.2) is 0 Å². The number of nitrogens with one attached hydrogen (secondary N) is 1. The molecule has 2 amide bonds. The van der Waals surface area contributed by atoms with Crippen LogP contribution in [0.4, 0.5) is 4.79 Å². The Morgan fingerprint density at radius 3 is 2.22 bits per heavy atom. The van der Waals surface area contributed by atoms with Crippen LogP contribution in [0.25, 0.3) is 0 Å². The van der Waals surface area contributed by atoms with E-state index in [2.05, 4.69) is 26.1 Å². The van der Waals surface area contributed by atoms with E-state index in [0.29, 0.717) is 12.0 Å². The molecule has 0 atom stereocenters. The van der Waals surface area contributed by atoms with Crippen molar-refractivity contribution in [3.05, 3.63) is 0 Å². The van der Waals surface area contributed by atoms with Crippen LogP contribution in [0, 0.1) is 5.92 Å². The summed E-state index contributed by atoms with van der Waals surface area (Å²) in [6.45, 7) is 8.03. The van der Waals surface area contributed by atoms with E-state index >= 15 is 0 Å². The fraction of sp³-hybridized carbons (Fsp3) is 0.933. The molecular weight excluding hydrogens is 224 g/mol. The first-order valence-corrected chi connectivity index (χ1v) is 7.69. The number of hydrogen-bond donors (Lipinski definition) is 1. The maximum Gasteiger partial charge on any atom is 0.317 e. The van der Waals surface area contributed by atoms with E-state index in [-0.39, 0.29) is 6.03 Å². The highest BCUT2D eigenvalue weighted by Crippen LogP contribution is 2.17. The van der Waals surface area contributed by atoms with Crippen molar-refractivity contribution >= 4 is 6.03 Å². The van der Waals surface area contributed by atoms with Crippen molar-refractivity contribution in [2.45, 2.75) is 71.8 Å². The van der Waals surface area contributed by atoms with E-state index in [1.807, 2.05) is 4.90 Å². The molecule has 1 fully saturated rings. The number of carbonyl (C=O) groups excluding carboxylic acids is 1. The SMILES string of the molecule is CCN(CC(C)C)C(=O)NC1CCCCCCC1. The van der Waals surface area contributed by atoms with E-state index < -0.39 is 0 Å². The Hall–Kier alpha value is -0.730. The highest BCUT2D eigenvalue weighted by Gasteiger charge is 2.18. The number of nitrogens with zero attached hydrogens (tertiary/aromatic N) is 1. The lowest BCUT2D eigenvalue weighted by Gasteiger charge is -2.27. The summed E-state index contributed by atoms with van der Waals surface area (Å²) in [6.07, 6.45) is 8.87. The summed E-state index contributed by atoms with van der Waals surface area (Å²) in [7, 11) is 0. The molecule has 1 aliphatic carbocycles. The van der Waals surface area contributed by atoms with Gasteiger partial charge in [-0.1, -0.05) is 46.0 Å². The van der Waals surface area contributed by atoms with Crippen molar-refractivity contribution in [3.63, 3.8) is 0 Å². The predicted octanol–water partition coefficient (Wildman–Crippen LogP) is 3.79. The minimum Gasteiger partial charge on any atom is -0.335 e. The molecule has 3 heteroatoms. The van der Waals surface area contributed by atoms with Gasteiger partial charge in [-0.3, -0.25) is 0 Å². The Kier molecular flexibility index (Phi) is 7.14. The molecule has 0 aromatic heterocycles. The van der Waals surface area contributed by atoms with Crippen LogP contribution < -0.4 is 5.32 Å². The maximum atomic E-state index is 12.2. The Morgan fingerprint density at radius 1 is 1.17 bits per heavy atom. The van der Waals surface area contributed by atoms with Crippen molar-refractivity contribution in [1.82, 2.24) is 10.2 Å². The van der Waals surface area contributed by atoms with Gasteiger partial charge in [0.15, 0.2) is 0 Å². The van der Waals surface area contributed by atoms with E-state index in [1.54, 1.807) is 0 Å². The van der Waals surface area contributed by atoms with Gasteiger partial charge in [-0.25, -0.2) is 4.79 Å². The quantitative estimate of drug-likeness (QED) is 0.813. The molecule has 0 saturated heterocycles. The molecule has 0 spiro atoms. The smallest absolute Gasteiger partial charge is 0.317 e. The van der Waals surface area contributed by atoms with Gasteiger partial charge >= 0.3 is 6.03 Å². The molecular formula is C15H30N2O. The largest absolute Gasteiger partial charge is 0.335 e. The number of urea groups is 1. The van der Waals surface area contributed by atoms with Crippen molar-refractivity contribution in [1.29, 1.82) is 0 Å². The van der Waals surface area contributed by atoms with Crippen molar-refractivity contribution < 1.29 is 4.79 Å². The minimum atomic E-state index is 0.136. The maximum absolute atomic E-state index is 12.2. The topological polar surface area (TPSA) is 32.3 Å². The van der Waals surface area contributed by atoms with Gasteiger partial charge in [0.25, 0.3) is 0 Å². The molecule has 3 nitrogen and oxygen atoms in total. The highest BCUT2D eigenvalue weighted by molar-refractivity contribution is 5.74. The van der Waals surface area contributed by atoms with Crippen LogP contribution in [-0.2, 0) is 0 Å². The molecule has 1 rings (SSSR count).